The minimum atomic E-state index is -4.40. The number of aromatic hydroxyl groups is 1. The smallest absolute Gasteiger partial charge is 0.405 e. The predicted octanol–water partition coefficient (Wildman–Crippen LogP) is 2.81. The van der Waals surface area contributed by atoms with Gasteiger partial charge in [-0.15, -0.1) is 40.6 Å². The largest absolute Gasteiger partial charge is 0.508 e. The lowest BCUT2D eigenvalue weighted by Gasteiger charge is -2.07. The summed E-state index contributed by atoms with van der Waals surface area (Å²) in [5.74, 6) is 0.0609. The molecule has 1 aromatic carbocycles. The monoisotopic (exact) mass is 420 g/mol. The van der Waals surface area contributed by atoms with Gasteiger partial charge in [0.05, 0.1) is 5.71 Å². The van der Waals surface area contributed by atoms with Gasteiger partial charge < -0.3 is 15.7 Å². The first kappa shape index (κ1) is 22.8. The summed E-state index contributed by atoms with van der Waals surface area (Å²) in [7, 11) is 0. The molecule has 0 unspecified atom stereocenters. The van der Waals surface area contributed by atoms with Crippen LogP contribution in [0.5, 0.6) is 5.75 Å². The molecular weight excluding hydrogens is 401 g/mol. The van der Waals surface area contributed by atoms with Crippen molar-refractivity contribution in [3.8, 4) is 5.75 Å². The van der Waals surface area contributed by atoms with Gasteiger partial charge in [0.2, 0.25) is 0 Å². The van der Waals surface area contributed by atoms with Gasteiger partial charge in [-0.3, -0.25) is 0 Å². The quantitative estimate of drug-likeness (QED) is 0.212. The topological polar surface area (TPSA) is 93.7 Å². The minimum Gasteiger partial charge on any atom is -0.508 e. The number of thiol groups is 2. The average Bonchev–Trinajstić information content (AvgIpc) is 2.59. The van der Waals surface area contributed by atoms with E-state index in [1.807, 2.05) is 12.2 Å². The van der Waals surface area contributed by atoms with Gasteiger partial charge in [-0.2, -0.15) is 18.3 Å². The third-order valence-electron chi connectivity index (χ3n) is 2.80. The first-order chi connectivity index (χ1) is 12.6. The van der Waals surface area contributed by atoms with Gasteiger partial charge in [0, 0.05) is 12.1 Å². The van der Waals surface area contributed by atoms with Crippen molar-refractivity contribution in [3.05, 3.63) is 29.8 Å². The van der Waals surface area contributed by atoms with E-state index in [2.05, 4.69) is 51.0 Å². The number of hydrogen-bond donors (Lipinski definition) is 5. The molecule has 0 amide bonds. The number of amidine groups is 2. The molecule has 0 aromatic heterocycles. The number of rotatable bonds is 6. The van der Waals surface area contributed by atoms with Crippen molar-refractivity contribution in [2.24, 2.45) is 20.4 Å². The van der Waals surface area contributed by atoms with Gasteiger partial charge in [0.25, 0.3) is 0 Å². The van der Waals surface area contributed by atoms with Crippen LogP contribution < -0.4 is 10.6 Å². The Morgan fingerprint density at radius 2 is 1.56 bits per heavy atom. The summed E-state index contributed by atoms with van der Waals surface area (Å²) in [6.07, 6.45) is -4.40. The highest BCUT2D eigenvalue weighted by atomic mass is 32.1. The summed E-state index contributed by atoms with van der Waals surface area (Å²) in [6, 6.07) is 6.07. The molecule has 148 valence electrons. The van der Waals surface area contributed by atoms with Crippen LogP contribution >= 0.6 is 25.3 Å². The van der Waals surface area contributed by atoms with E-state index < -0.39 is 12.7 Å². The second-order valence-corrected chi connectivity index (χ2v) is 5.87. The number of phenolic OH excluding ortho intramolecular Hbond substituents is 1. The first-order valence-electron chi connectivity index (χ1n) is 7.62. The van der Waals surface area contributed by atoms with Gasteiger partial charge in [-0.05, 0) is 38.1 Å². The van der Waals surface area contributed by atoms with Crippen molar-refractivity contribution >= 4 is 47.0 Å². The summed E-state index contributed by atoms with van der Waals surface area (Å²) in [6.45, 7) is 2.73. The van der Waals surface area contributed by atoms with Gasteiger partial charge in [-0.25, -0.2) is 0 Å². The van der Waals surface area contributed by atoms with Crippen LogP contribution in [0.4, 0.5) is 13.2 Å². The van der Waals surface area contributed by atoms with E-state index in [0.717, 1.165) is 0 Å². The summed E-state index contributed by atoms with van der Waals surface area (Å²) in [5, 5.41) is 29.6. The maximum Gasteiger partial charge on any atom is 0.405 e. The van der Waals surface area contributed by atoms with Gasteiger partial charge >= 0.3 is 6.18 Å². The molecule has 1 rings (SSSR count). The Balaban J connectivity index is 3.12. The highest BCUT2D eigenvalue weighted by Gasteiger charge is 2.26. The lowest BCUT2D eigenvalue weighted by molar-refractivity contribution is -0.121. The van der Waals surface area contributed by atoms with E-state index in [1.165, 1.54) is 12.1 Å². The average molecular weight is 420 g/mol. The number of halogens is 3. The van der Waals surface area contributed by atoms with E-state index in [-0.39, 0.29) is 21.8 Å². The van der Waals surface area contributed by atoms with Crippen LogP contribution in [0.2, 0.25) is 0 Å². The Bertz CT molecular complexity index is 745. The number of phenols is 1. The van der Waals surface area contributed by atoms with E-state index in [4.69, 9.17) is 0 Å². The van der Waals surface area contributed by atoms with Gasteiger partial charge in [-0.1, -0.05) is 0 Å². The highest BCUT2D eigenvalue weighted by Crippen LogP contribution is 2.13. The van der Waals surface area contributed by atoms with Crippen LogP contribution in [0.3, 0.4) is 0 Å². The lowest BCUT2D eigenvalue weighted by atomic mass is 10.1. The molecule has 0 bridgehead atoms. The summed E-state index contributed by atoms with van der Waals surface area (Å²) < 4.78 is 36.5. The SMILES string of the molecule is CCN/C(S)=N/N=C(/C(C)=N/N=C(\S)NCC(F)(F)F)c1ccc(O)cc1. The summed E-state index contributed by atoms with van der Waals surface area (Å²) in [5.41, 5.74) is 1.12. The maximum atomic E-state index is 12.2. The molecular formula is C15H19F3N6OS2. The lowest BCUT2D eigenvalue weighted by Crippen LogP contribution is -2.31. The third-order valence-corrected chi connectivity index (χ3v) is 3.30. The van der Waals surface area contributed by atoms with Crippen LogP contribution in [-0.2, 0) is 0 Å². The zero-order chi connectivity index (χ0) is 20.4. The molecule has 3 N–H and O–H groups in total. The van der Waals surface area contributed by atoms with Gasteiger partial charge in [0.15, 0.2) is 10.3 Å². The van der Waals surface area contributed by atoms with Crippen molar-refractivity contribution in [2.45, 2.75) is 20.0 Å². The Morgan fingerprint density at radius 1 is 1.00 bits per heavy atom. The molecule has 0 aliphatic rings. The second-order valence-electron chi connectivity index (χ2n) is 5.03. The molecule has 0 aliphatic heterocycles. The summed E-state index contributed by atoms with van der Waals surface area (Å²) in [4.78, 5) is 0. The Kier molecular flexibility index (Phi) is 9.15. The number of nitrogens with one attached hydrogen (secondary N) is 2. The normalized spacial score (nSPS) is 14.3. The molecule has 27 heavy (non-hydrogen) atoms. The van der Waals surface area contributed by atoms with Gasteiger partial charge in [0.1, 0.15) is 18.0 Å². The fourth-order valence-electron chi connectivity index (χ4n) is 1.63. The van der Waals surface area contributed by atoms with Crippen LogP contribution in [0.25, 0.3) is 0 Å². The van der Waals surface area contributed by atoms with Crippen molar-refractivity contribution in [1.29, 1.82) is 0 Å². The highest BCUT2D eigenvalue weighted by molar-refractivity contribution is 7.97. The van der Waals surface area contributed by atoms with Crippen LogP contribution in [0, 0.1) is 0 Å². The summed E-state index contributed by atoms with van der Waals surface area (Å²) >= 11 is 7.92. The molecule has 0 saturated heterocycles. The van der Waals surface area contributed by atoms with Crippen molar-refractivity contribution in [1.82, 2.24) is 10.6 Å². The Morgan fingerprint density at radius 3 is 2.11 bits per heavy atom. The third kappa shape index (κ3) is 9.33. The molecule has 0 heterocycles. The molecule has 0 fully saturated rings. The Labute approximate surface area is 165 Å². The first-order valence-corrected chi connectivity index (χ1v) is 8.52. The van der Waals surface area contributed by atoms with Crippen molar-refractivity contribution in [2.75, 3.05) is 13.1 Å². The second kappa shape index (κ2) is 10.8. The van der Waals surface area contributed by atoms with Crippen molar-refractivity contribution < 1.29 is 18.3 Å². The maximum absolute atomic E-state index is 12.2. The van der Waals surface area contributed by atoms with Crippen molar-refractivity contribution in [3.63, 3.8) is 0 Å². The van der Waals surface area contributed by atoms with E-state index in [9.17, 15) is 18.3 Å². The van der Waals surface area contributed by atoms with E-state index in [1.54, 1.807) is 19.1 Å². The van der Waals surface area contributed by atoms with E-state index in [0.29, 0.717) is 17.8 Å². The molecule has 0 atom stereocenters. The number of hydrogen-bond acceptors (Lipinski definition) is 5. The minimum absolute atomic E-state index is 0.0609. The van der Waals surface area contributed by atoms with E-state index >= 15 is 0 Å². The van der Waals surface area contributed by atoms with Crippen LogP contribution in [0.15, 0.2) is 44.7 Å². The molecule has 0 radical (unpaired) electrons. The molecule has 7 nitrogen and oxygen atoms in total. The zero-order valence-electron chi connectivity index (χ0n) is 14.5. The predicted molar refractivity (Wildman–Crippen MR) is 108 cm³/mol. The number of alkyl halides is 3. The fraction of sp³-hybridized carbons (Fsp3) is 0.333. The molecule has 0 aliphatic carbocycles. The molecule has 0 saturated carbocycles. The number of nitrogens with zero attached hydrogens (tertiary/aromatic N) is 4. The standard InChI is InChI=1S/C15H19F3N6OS2/c1-3-19-13(26)24-22-12(10-4-6-11(25)7-5-10)9(2)21-23-14(27)20-8-15(16,17)18/h4-7,25H,3,8H2,1-2H3,(H2,19,24,26)(H2,20,23,27)/b21-9+,22-12-. The molecule has 1 aromatic rings. The molecule has 0 spiro atoms. The Hall–Kier alpha value is -2.21. The molecule has 12 heteroatoms. The fourth-order valence-corrected chi connectivity index (χ4v) is 1.96. The van der Waals surface area contributed by atoms with Crippen LogP contribution in [-0.4, -0.2) is 46.1 Å². The zero-order valence-corrected chi connectivity index (χ0v) is 16.3. The number of benzene rings is 1. The van der Waals surface area contributed by atoms with Crippen LogP contribution in [0.1, 0.15) is 19.4 Å².